The van der Waals surface area contributed by atoms with Crippen LogP contribution in [0.1, 0.15) is 24.2 Å². The van der Waals surface area contributed by atoms with Crippen molar-refractivity contribution in [2.24, 2.45) is 5.92 Å². The number of hydrogen-bond acceptors (Lipinski definition) is 4. The summed E-state index contributed by atoms with van der Waals surface area (Å²) >= 11 is 0. The first-order valence-corrected chi connectivity index (χ1v) is 7.86. The van der Waals surface area contributed by atoms with Gasteiger partial charge in [0, 0.05) is 24.5 Å². The molecular formula is C13H19NO4S. The van der Waals surface area contributed by atoms with Gasteiger partial charge >= 0.3 is 0 Å². The van der Waals surface area contributed by atoms with E-state index in [-0.39, 0.29) is 29.4 Å². The third kappa shape index (κ3) is 4.33. The van der Waals surface area contributed by atoms with Crippen molar-refractivity contribution in [2.75, 3.05) is 12.9 Å². The maximum atomic E-state index is 12.0. The molecule has 0 bridgehead atoms. The number of nitrogens with one attached hydrogen (secondary N) is 1. The van der Waals surface area contributed by atoms with Crippen LogP contribution >= 0.6 is 0 Å². The third-order valence-electron chi connectivity index (χ3n) is 3.02. The molecule has 5 nitrogen and oxygen atoms in total. The zero-order valence-electron chi connectivity index (χ0n) is 11.3. The van der Waals surface area contributed by atoms with E-state index < -0.39 is 9.84 Å². The molecule has 0 aromatic heterocycles. The Morgan fingerprint density at radius 2 is 2.00 bits per heavy atom. The first-order valence-electron chi connectivity index (χ1n) is 5.97. The van der Waals surface area contributed by atoms with E-state index in [0.717, 1.165) is 6.26 Å². The van der Waals surface area contributed by atoms with Gasteiger partial charge in [-0.05, 0) is 31.0 Å². The summed E-state index contributed by atoms with van der Waals surface area (Å²) in [7, 11) is -3.33. The average Bonchev–Trinajstić information content (AvgIpc) is 2.36. The van der Waals surface area contributed by atoms with Crippen LogP contribution in [-0.4, -0.2) is 38.3 Å². The molecule has 106 valence electrons. The highest BCUT2D eigenvalue weighted by atomic mass is 32.2. The first kappa shape index (κ1) is 15.7. The quantitative estimate of drug-likeness (QED) is 0.839. The lowest BCUT2D eigenvalue weighted by Crippen LogP contribution is -2.38. The minimum absolute atomic E-state index is 0.0230. The Balaban J connectivity index is 2.90. The molecule has 6 heteroatoms. The van der Waals surface area contributed by atoms with E-state index in [4.69, 9.17) is 5.11 Å². The average molecular weight is 285 g/mol. The lowest BCUT2D eigenvalue weighted by atomic mass is 10.0. The Morgan fingerprint density at radius 3 is 2.53 bits per heavy atom. The summed E-state index contributed by atoms with van der Waals surface area (Å²) in [5, 5.41) is 11.7. The Morgan fingerprint density at radius 1 is 1.37 bits per heavy atom. The van der Waals surface area contributed by atoms with Crippen molar-refractivity contribution in [3.63, 3.8) is 0 Å². The molecule has 1 aromatic carbocycles. The molecule has 1 amide bonds. The van der Waals surface area contributed by atoms with Gasteiger partial charge < -0.3 is 10.4 Å². The van der Waals surface area contributed by atoms with Gasteiger partial charge in [-0.25, -0.2) is 8.42 Å². The molecule has 0 saturated carbocycles. The Labute approximate surface area is 113 Å². The SMILES string of the molecule is CC(CO)C(C)NC(=O)c1cccc(S(C)(=O)=O)c1. The predicted molar refractivity (Wildman–Crippen MR) is 72.7 cm³/mol. The van der Waals surface area contributed by atoms with Gasteiger partial charge in [0.1, 0.15) is 0 Å². The topological polar surface area (TPSA) is 83.5 Å². The van der Waals surface area contributed by atoms with Gasteiger partial charge in [0.25, 0.3) is 5.91 Å². The van der Waals surface area contributed by atoms with Crippen LogP contribution in [0.3, 0.4) is 0 Å². The van der Waals surface area contributed by atoms with Crippen LogP contribution in [0, 0.1) is 5.92 Å². The summed E-state index contributed by atoms with van der Waals surface area (Å²) in [4.78, 5) is 12.1. The van der Waals surface area contributed by atoms with Crippen molar-refractivity contribution in [2.45, 2.75) is 24.8 Å². The second-order valence-electron chi connectivity index (χ2n) is 4.72. The zero-order chi connectivity index (χ0) is 14.6. The van der Waals surface area contributed by atoms with Crippen molar-refractivity contribution in [3.05, 3.63) is 29.8 Å². The normalized spacial score (nSPS) is 14.7. The fourth-order valence-corrected chi connectivity index (χ4v) is 2.13. The van der Waals surface area contributed by atoms with Gasteiger partial charge in [-0.1, -0.05) is 13.0 Å². The van der Waals surface area contributed by atoms with Crippen molar-refractivity contribution < 1.29 is 18.3 Å². The molecule has 2 unspecified atom stereocenters. The number of aliphatic hydroxyl groups is 1. The fourth-order valence-electron chi connectivity index (χ4n) is 1.46. The van der Waals surface area contributed by atoms with Crippen LogP contribution in [0.15, 0.2) is 29.2 Å². The van der Waals surface area contributed by atoms with E-state index in [9.17, 15) is 13.2 Å². The van der Waals surface area contributed by atoms with Crippen LogP contribution in [0.25, 0.3) is 0 Å². The van der Waals surface area contributed by atoms with Gasteiger partial charge in [-0.2, -0.15) is 0 Å². The summed E-state index contributed by atoms with van der Waals surface area (Å²) in [6.45, 7) is 3.59. The summed E-state index contributed by atoms with van der Waals surface area (Å²) < 4.78 is 22.8. The first-order chi connectivity index (χ1) is 8.75. The van der Waals surface area contributed by atoms with E-state index in [2.05, 4.69) is 5.32 Å². The van der Waals surface area contributed by atoms with Gasteiger partial charge in [-0.3, -0.25) is 4.79 Å². The van der Waals surface area contributed by atoms with Crippen LogP contribution in [0.4, 0.5) is 0 Å². The van der Waals surface area contributed by atoms with Crippen LogP contribution in [0.5, 0.6) is 0 Å². The van der Waals surface area contributed by atoms with Gasteiger partial charge in [0.15, 0.2) is 9.84 Å². The minimum atomic E-state index is -3.33. The highest BCUT2D eigenvalue weighted by molar-refractivity contribution is 7.90. The van der Waals surface area contributed by atoms with Crippen LogP contribution < -0.4 is 5.32 Å². The maximum absolute atomic E-state index is 12.0. The summed E-state index contributed by atoms with van der Waals surface area (Å²) in [5.74, 6) is -0.416. The molecule has 0 aliphatic rings. The second-order valence-corrected chi connectivity index (χ2v) is 6.74. The Bertz CT molecular complexity index is 554. The summed E-state index contributed by atoms with van der Waals surface area (Å²) in [6, 6.07) is 5.69. The molecule has 0 aliphatic heterocycles. The summed E-state index contributed by atoms with van der Waals surface area (Å²) in [5.41, 5.74) is 0.292. The van der Waals surface area contributed by atoms with Crippen molar-refractivity contribution >= 4 is 15.7 Å². The molecule has 1 rings (SSSR count). The highest BCUT2D eigenvalue weighted by Gasteiger charge is 2.16. The number of carbonyl (C=O) groups excluding carboxylic acids is 1. The largest absolute Gasteiger partial charge is 0.396 e. The maximum Gasteiger partial charge on any atom is 0.251 e. The Hall–Kier alpha value is -1.40. The molecule has 0 aliphatic carbocycles. The van der Waals surface area contributed by atoms with Gasteiger partial charge in [-0.15, -0.1) is 0 Å². The zero-order valence-corrected chi connectivity index (χ0v) is 12.1. The summed E-state index contributed by atoms with van der Waals surface area (Å²) in [6.07, 6.45) is 1.10. The number of rotatable bonds is 5. The van der Waals surface area contributed by atoms with Crippen molar-refractivity contribution in [1.29, 1.82) is 0 Å². The molecule has 0 fully saturated rings. The van der Waals surface area contributed by atoms with Crippen molar-refractivity contribution in [1.82, 2.24) is 5.32 Å². The molecule has 1 aromatic rings. The number of benzene rings is 1. The number of amides is 1. The predicted octanol–water partition coefficient (Wildman–Crippen LogP) is 0.837. The van der Waals surface area contributed by atoms with E-state index >= 15 is 0 Å². The lowest BCUT2D eigenvalue weighted by molar-refractivity contribution is 0.0916. The lowest BCUT2D eigenvalue weighted by Gasteiger charge is -2.19. The number of sulfone groups is 1. The molecule has 19 heavy (non-hydrogen) atoms. The number of hydrogen-bond donors (Lipinski definition) is 2. The van der Waals surface area contributed by atoms with Crippen molar-refractivity contribution in [3.8, 4) is 0 Å². The van der Waals surface area contributed by atoms with E-state index in [0.29, 0.717) is 5.56 Å². The second kappa shape index (κ2) is 6.16. The monoisotopic (exact) mass is 285 g/mol. The van der Waals surface area contributed by atoms with E-state index in [1.807, 2.05) is 6.92 Å². The molecule has 2 N–H and O–H groups in total. The van der Waals surface area contributed by atoms with E-state index in [1.165, 1.54) is 18.2 Å². The van der Waals surface area contributed by atoms with Crippen LogP contribution in [-0.2, 0) is 9.84 Å². The molecular weight excluding hydrogens is 266 g/mol. The highest BCUT2D eigenvalue weighted by Crippen LogP contribution is 2.12. The van der Waals surface area contributed by atoms with Gasteiger partial charge in [0.05, 0.1) is 4.90 Å². The Kier molecular flexibility index (Phi) is 5.08. The molecule has 0 spiro atoms. The third-order valence-corrected chi connectivity index (χ3v) is 4.13. The molecule has 0 radical (unpaired) electrons. The minimum Gasteiger partial charge on any atom is -0.396 e. The molecule has 2 atom stereocenters. The number of aliphatic hydroxyl groups excluding tert-OH is 1. The standard InChI is InChI=1S/C13H19NO4S/c1-9(8-15)10(2)14-13(16)11-5-4-6-12(7-11)19(3,17)18/h4-7,9-10,15H,8H2,1-3H3,(H,14,16). The number of carbonyl (C=O) groups is 1. The smallest absolute Gasteiger partial charge is 0.251 e. The fraction of sp³-hybridized carbons (Fsp3) is 0.462. The van der Waals surface area contributed by atoms with Crippen LogP contribution in [0.2, 0.25) is 0 Å². The van der Waals surface area contributed by atoms with Gasteiger partial charge in [0.2, 0.25) is 0 Å². The molecule has 0 heterocycles. The van der Waals surface area contributed by atoms with E-state index in [1.54, 1.807) is 13.0 Å². The molecule has 0 saturated heterocycles.